The lowest BCUT2D eigenvalue weighted by Gasteiger charge is -1.92. The Bertz CT molecular complexity index is 281. The van der Waals surface area contributed by atoms with Crippen LogP contribution in [0.25, 0.3) is 0 Å². The van der Waals surface area contributed by atoms with Gasteiger partial charge in [-0.25, -0.2) is 4.79 Å². The third kappa shape index (κ3) is 2.33. The molecule has 1 heterocycles. The van der Waals surface area contributed by atoms with Crippen molar-refractivity contribution in [2.75, 3.05) is 0 Å². The first-order valence-electron chi connectivity index (χ1n) is 3.13. The van der Waals surface area contributed by atoms with E-state index >= 15 is 0 Å². The molecule has 0 atom stereocenters. The molecular weight excluding hydrogens is 148 g/mol. The molecule has 0 saturated heterocycles. The molecule has 0 amide bonds. The molecule has 0 spiro atoms. The van der Waals surface area contributed by atoms with Crippen LogP contribution in [-0.2, 0) is 11.3 Å². The van der Waals surface area contributed by atoms with Crippen molar-refractivity contribution in [1.82, 2.24) is 0 Å². The lowest BCUT2D eigenvalue weighted by molar-refractivity contribution is 0.206. The van der Waals surface area contributed by atoms with E-state index in [1.54, 1.807) is 6.08 Å². The molecule has 0 aliphatic rings. The zero-order valence-corrected chi connectivity index (χ0v) is 6.07. The highest BCUT2D eigenvalue weighted by Gasteiger charge is 1.98. The lowest BCUT2D eigenvalue weighted by atomic mass is 10.6. The summed E-state index contributed by atoms with van der Waals surface area (Å²) in [5, 5.41) is 0. The van der Waals surface area contributed by atoms with E-state index in [2.05, 4.69) is 8.83 Å². The van der Waals surface area contributed by atoms with Crippen LogP contribution in [0.3, 0.4) is 0 Å². The fourth-order valence-electron chi connectivity index (χ4n) is 0.559. The van der Waals surface area contributed by atoms with Gasteiger partial charge in [-0.1, -0.05) is 6.08 Å². The van der Waals surface area contributed by atoms with E-state index in [0.29, 0.717) is 5.76 Å². The molecule has 4 heteroatoms. The fraction of sp³-hybridized carbons (Fsp3) is 0.286. The smallest absolute Gasteiger partial charge is 0.493 e. The first-order chi connectivity index (χ1) is 5.33. The Hall–Kier alpha value is -1.45. The summed E-state index contributed by atoms with van der Waals surface area (Å²) in [5.41, 5.74) is 0. The van der Waals surface area contributed by atoms with Crippen LogP contribution < -0.4 is 5.82 Å². The maximum absolute atomic E-state index is 10.3. The molecule has 0 saturated carbocycles. The Labute approximate surface area is 63.1 Å². The first-order valence-corrected chi connectivity index (χ1v) is 3.13. The number of hydrogen-bond acceptors (Lipinski definition) is 4. The molecule has 0 aliphatic heterocycles. The number of hydrogen-bond donors (Lipinski definition) is 0. The van der Waals surface area contributed by atoms with E-state index in [0.717, 1.165) is 0 Å². The molecule has 0 radical (unpaired) electrons. The molecule has 0 unspecified atom stereocenters. The highest BCUT2D eigenvalue weighted by atomic mass is 16.6. The van der Waals surface area contributed by atoms with Gasteiger partial charge in [0, 0.05) is 0 Å². The van der Waals surface area contributed by atoms with Gasteiger partial charge in [0.25, 0.3) is 0 Å². The van der Waals surface area contributed by atoms with Crippen molar-refractivity contribution in [1.29, 1.82) is 0 Å². The highest BCUT2D eigenvalue weighted by molar-refractivity contribution is 4.82. The van der Waals surface area contributed by atoms with Gasteiger partial charge in [-0.3, -0.25) is 0 Å². The minimum Gasteiger partial charge on any atom is -0.493 e. The van der Waals surface area contributed by atoms with Crippen molar-refractivity contribution in [3.05, 3.63) is 35.0 Å². The van der Waals surface area contributed by atoms with E-state index in [-0.39, 0.29) is 6.61 Å². The van der Waals surface area contributed by atoms with Crippen LogP contribution >= 0.6 is 0 Å². The van der Waals surface area contributed by atoms with Crippen molar-refractivity contribution in [2.45, 2.75) is 13.5 Å². The Morgan fingerprint density at radius 2 is 2.55 bits per heavy atom. The molecule has 0 bridgehead atoms. The van der Waals surface area contributed by atoms with Crippen LogP contribution in [0.15, 0.2) is 32.2 Å². The first kappa shape index (κ1) is 7.65. The second-order valence-electron chi connectivity index (χ2n) is 1.83. The normalized spacial score (nSPS) is 10.6. The van der Waals surface area contributed by atoms with Crippen LogP contribution in [0.2, 0.25) is 0 Å². The predicted molar refractivity (Wildman–Crippen MR) is 36.8 cm³/mol. The van der Waals surface area contributed by atoms with Gasteiger partial charge in [0.2, 0.25) is 0 Å². The van der Waals surface area contributed by atoms with E-state index in [4.69, 9.17) is 4.74 Å². The van der Waals surface area contributed by atoms with Gasteiger partial charge in [-0.15, -0.1) is 0 Å². The summed E-state index contributed by atoms with van der Waals surface area (Å²) >= 11 is 0. The molecule has 60 valence electrons. The van der Waals surface area contributed by atoms with Gasteiger partial charge in [0.1, 0.15) is 12.9 Å². The monoisotopic (exact) mass is 156 g/mol. The zero-order valence-electron chi connectivity index (χ0n) is 6.07. The minimum absolute atomic E-state index is 0.218. The van der Waals surface area contributed by atoms with Crippen molar-refractivity contribution in [3.8, 4) is 0 Å². The summed E-state index contributed by atoms with van der Waals surface area (Å²) in [6, 6.07) is 0. The van der Waals surface area contributed by atoms with Crippen molar-refractivity contribution >= 4 is 0 Å². The SMILES string of the molecule is CC=COCc1coc(=O)o1. The van der Waals surface area contributed by atoms with Crippen LogP contribution in [0.5, 0.6) is 0 Å². The standard InChI is InChI=1S/C7H8O4/c1-2-3-9-4-6-5-10-7(8)11-6/h2-3,5H,4H2,1H3. The second-order valence-corrected chi connectivity index (χ2v) is 1.83. The molecule has 0 N–H and O–H groups in total. The largest absolute Gasteiger partial charge is 0.518 e. The third-order valence-corrected chi connectivity index (χ3v) is 0.959. The highest BCUT2D eigenvalue weighted by Crippen LogP contribution is 1.97. The van der Waals surface area contributed by atoms with E-state index in [9.17, 15) is 4.79 Å². The van der Waals surface area contributed by atoms with Gasteiger partial charge in [0.15, 0.2) is 5.76 Å². The molecule has 0 aliphatic carbocycles. The molecule has 0 fully saturated rings. The van der Waals surface area contributed by atoms with Gasteiger partial charge >= 0.3 is 5.82 Å². The Kier molecular flexibility index (Phi) is 2.54. The summed E-state index contributed by atoms with van der Waals surface area (Å²) in [5.74, 6) is -0.322. The van der Waals surface area contributed by atoms with Crippen molar-refractivity contribution in [2.24, 2.45) is 0 Å². The lowest BCUT2D eigenvalue weighted by Crippen LogP contribution is -1.88. The van der Waals surface area contributed by atoms with E-state index < -0.39 is 5.82 Å². The average molecular weight is 156 g/mol. The van der Waals surface area contributed by atoms with Gasteiger partial charge < -0.3 is 13.6 Å². The Morgan fingerprint density at radius 3 is 3.09 bits per heavy atom. The maximum Gasteiger partial charge on any atom is 0.518 e. The van der Waals surface area contributed by atoms with Crippen LogP contribution in [0, 0.1) is 0 Å². The van der Waals surface area contributed by atoms with E-state index in [1.165, 1.54) is 12.5 Å². The summed E-state index contributed by atoms with van der Waals surface area (Å²) < 4.78 is 13.8. The Morgan fingerprint density at radius 1 is 1.73 bits per heavy atom. The fourth-order valence-corrected chi connectivity index (χ4v) is 0.559. The predicted octanol–water partition coefficient (Wildman–Crippen LogP) is 1.28. The summed E-state index contributed by atoms with van der Waals surface area (Å²) in [6.45, 7) is 2.04. The number of allylic oxidation sites excluding steroid dienone is 1. The quantitative estimate of drug-likeness (QED) is 0.618. The van der Waals surface area contributed by atoms with E-state index in [1.807, 2.05) is 6.92 Å². The number of rotatable bonds is 3. The van der Waals surface area contributed by atoms with Crippen LogP contribution in [-0.4, -0.2) is 0 Å². The summed E-state index contributed by atoms with van der Waals surface area (Å²) in [7, 11) is 0. The summed E-state index contributed by atoms with van der Waals surface area (Å²) in [6.07, 6.45) is 4.47. The van der Waals surface area contributed by atoms with Gasteiger partial charge in [-0.05, 0) is 6.92 Å². The molecule has 1 aromatic heterocycles. The Balaban J connectivity index is 2.45. The van der Waals surface area contributed by atoms with Crippen molar-refractivity contribution in [3.63, 3.8) is 0 Å². The zero-order chi connectivity index (χ0) is 8.10. The maximum atomic E-state index is 10.3. The summed E-state index contributed by atoms with van der Waals surface area (Å²) in [4.78, 5) is 10.3. The van der Waals surface area contributed by atoms with Gasteiger partial charge in [0.05, 0.1) is 6.26 Å². The molecule has 0 aromatic carbocycles. The van der Waals surface area contributed by atoms with Crippen LogP contribution in [0.1, 0.15) is 12.7 Å². The second kappa shape index (κ2) is 3.65. The molecule has 1 aromatic rings. The van der Waals surface area contributed by atoms with Crippen LogP contribution in [0.4, 0.5) is 0 Å². The minimum atomic E-state index is -0.705. The topological polar surface area (TPSA) is 52.6 Å². The molecule has 11 heavy (non-hydrogen) atoms. The van der Waals surface area contributed by atoms with Crippen molar-refractivity contribution < 1.29 is 13.6 Å². The molecular formula is C7H8O4. The third-order valence-electron chi connectivity index (χ3n) is 0.959. The molecule has 1 rings (SSSR count). The average Bonchev–Trinajstić information content (AvgIpc) is 2.37. The van der Waals surface area contributed by atoms with Gasteiger partial charge in [-0.2, -0.15) is 0 Å². The molecule has 4 nitrogen and oxygen atoms in total. The number of ether oxygens (including phenoxy) is 1.